The molecule has 9 aliphatic rings. The highest BCUT2D eigenvalue weighted by Gasteiger charge is 2.65. The van der Waals surface area contributed by atoms with E-state index in [1.54, 1.807) is 0 Å². The van der Waals surface area contributed by atoms with Gasteiger partial charge in [-0.1, -0.05) is 75.0 Å². The Bertz CT molecular complexity index is 891. The molecule has 0 aliphatic heterocycles. The molecule has 9 aliphatic carbocycles. The number of allylic oxidation sites excluding steroid dienone is 6. The maximum Gasteiger partial charge on any atom is 0.00460 e. The van der Waals surface area contributed by atoms with E-state index < -0.39 is 0 Å². The summed E-state index contributed by atoms with van der Waals surface area (Å²) in [4.78, 5) is 0. The van der Waals surface area contributed by atoms with Crippen LogP contribution in [0.1, 0.15) is 101 Å². The molecule has 0 aromatic rings. The number of hydrogen-bond donors (Lipinski definition) is 0. The van der Waals surface area contributed by atoms with Gasteiger partial charge >= 0.3 is 0 Å². The molecule has 5 unspecified atom stereocenters. The topological polar surface area (TPSA) is 0 Å². The molecule has 6 bridgehead atoms. The third-order valence-corrected chi connectivity index (χ3v) is 12.8. The average molecular weight is 405 g/mol. The van der Waals surface area contributed by atoms with E-state index in [2.05, 4.69) is 62.3 Å². The van der Waals surface area contributed by atoms with Crippen LogP contribution in [-0.4, -0.2) is 0 Å². The summed E-state index contributed by atoms with van der Waals surface area (Å²) in [6, 6.07) is 0. The molecule has 0 aromatic carbocycles. The zero-order chi connectivity index (χ0) is 21.6. The highest BCUT2D eigenvalue weighted by Crippen LogP contribution is 2.75. The lowest BCUT2D eigenvalue weighted by molar-refractivity contribution is -0.0426. The average Bonchev–Trinajstić information content (AvgIpc) is 2.67. The Morgan fingerprint density at radius 3 is 1.30 bits per heavy atom. The molecule has 0 N–H and O–H groups in total. The molecule has 30 heavy (non-hydrogen) atoms. The number of fused-ring (bicyclic) bond motifs is 8. The minimum absolute atomic E-state index is 0.419. The molecule has 164 valence electrons. The lowest BCUT2D eigenvalue weighted by atomic mass is 9.36. The van der Waals surface area contributed by atoms with E-state index >= 15 is 0 Å². The first-order valence-corrected chi connectivity index (χ1v) is 13.0. The van der Waals surface area contributed by atoms with Crippen molar-refractivity contribution < 1.29 is 0 Å². The summed E-state index contributed by atoms with van der Waals surface area (Å²) in [5.41, 5.74) is 12.8. The van der Waals surface area contributed by atoms with Crippen LogP contribution in [0.15, 0.2) is 33.4 Å². The summed E-state index contributed by atoms with van der Waals surface area (Å²) >= 11 is 0. The summed E-state index contributed by atoms with van der Waals surface area (Å²) in [7, 11) is 0. The molecule has 0 radical (unpaired) electrons. The van der Waals surface area contributed by atoms with E-state index in [-0.39, 0.29) is 0 Å². The van der Waals surface area contributed by atoms with E-state index in [0.29, 0.717) is 21.7 Å². The van der Waals surface area contributed by atoms with Gasteiger partial charge in [0.05, 0.1) is 0 Å². The Hall–Kier alpha value is -0.780. The SMILES string of the molecule is CC1=C2CC(CC1C1([C@@H]3CC4CC(=C3C)C4(C)C)CC3CC(=C1C)C3(C)C)C2(C)C. The second-order valence-corrected chi connectivity index (χ2v) is 14.1. The molecule has 0 amide bonds. The van der Waals surface area contributed by atoms with Crippen molar-refractivity contribution in [1.29, 1.82) is 0 Å². The van der Waals surface area contributed by atoms with Crippen LogP contribution in [0.25, 0.3) is 0 Å². The lowest BCUT2D eigenvalue weighted by Crippen LogP contribution is -2.59. The van der Waals surface area contributed by atoms with Gasteiger partial charge in [0, 0.05) is 5.41 Å². The van der Waals surface area contributed by atoms with E-state index in [1.807, 2.05) is 33.4 Å². The summed E-state index contributed by atoms with van der Waals surface area (Å²) in [6.07, 6.45) is 8.56. The van der Waals surface area contributed by atoms with Gasteiger partial charge < -0.3 is 0 Å². The Kier molecular flexibility index (Phi) is 3.58. The van der Waals surface area contributed by atoms with Gasteiger partial charge in [-0.2, -0.15) is 0 Å². The molecule has 6 atom stereocenters. The quantitative estimate of drug-likeness (QED) is 0.405. The Morgan fingerprint density at radius 1 is 0.567 bits per heavy atom. The normalized spacial score (nSPS) is 46.9. The molecular weight excluding hydrogens is 360 g/mol. The first-order valence-electron chi connectivity index (χ1n) is 13.0. The van der Waals surface area contributed by atoms with Gasteiger partial charge in [0.2, 0.25) is 0 Å². The van der Waals surface area contributed by atoms with Crippen LogP contribution in [0, 0.1) is 51.2 Å². The summed E-state index contributed by atoms with van der Waals surface area (Å²) in [5.74, 6) is 4.35. The Balaban J connectivity index is 1.54. The van der Waals surface area contributed by atoms with Crippen LogP contribution in [0.5, 0.6) is 0 Å². The molecular formula is C30H44. The van der Waals surface area contributed by atoms with Gasteiger partial charge in [-0.15, -0.1) is 0 Å². The standard InChI is InChI=1S/C30H44/c1-16-22-10-19(27(22,4)5)12-24(16)30(15-21-14-26(18(30)3)29(21,8)9)25-13-20-11-23(17(25)2)28(20,6)7/h19-21,24-25H,10-15H2,1-9H3/t19?,20?,21?,24-,25?,30?/m1/s1. The maximum absolute atomic E-state index is 2.60. The Labute approximate surface area is 185 Å². The monoisotopic (exact) mass is 404 g/mol. The van der Waals surface area contributed by atoms with Crippen LogP contribution in [-0.2, 0) is 0 Å². The highest BCUT2D eigenvalue weighted by molar-refractivity contribution is 5.48. The van der Waals surface area contributed by atoms with E-state index in [9.17, 15) is 0 Å². The van der Waals surface area contributed by atoms with Crippen molar-refractivity contribution in [2.24, 2.45) is 51.2 Å². The highest BCUT2D eigenvalue weighted by atomic mass is 14.7. The minimum Gasteiger partial charge on any atom is -0.0695 e. The van der Waals surface area contributed by atoms with Gasteiger partial charge in [0.25, 0.3) is 0 Å². The third-order valence-electron chi connectivity index (χ3n) is 12.8. The van der Waals surface area contributed by atoms with Crippen molar-refractivity contribution in [3.63, 3.8) is 0 Å². The predicted octanol–water partition coefficient (Wildman–Crippen LogP) is 8.50. The summed E-state index contributed by atoms with van der Waals surface area (Å²) < 4.78 is 0. The van der Waals surface area contributed by atoms with Crippen molar-refractivity contribution >= 4 is 0 Å². The van der Waals surface area contributed by atoms with Gasteiger partial charge in [-0.25, -0.2) is 0 Å². The largest absolute Gasteiger partial charge is 0.0695 e. The fraction of sp³-hybridized carbons (Fsp3) is 0.800. The van der Waals surface area contributed by atoms with Crippen molar-refractivity contribution in [2.75, 3.05) is 0 Å². The zero-order valence-corrected chi connectivity index (χ0v) is 21.1. The molecule has 3 saturated carbocycles. The van der Waals surface area contributed by atoms with E-state index in [1.165, 1.54) is 38.5 Å². The number of rotatable bonds is 2. The molecule has 0 aromatic heterocycles. The first-order chi connectivity index (χ1) is 13.8. The van der Waals surface area contributed by atoms with Gasteiger partial charge in [-0.3, -0.25) is 0 Å². The molecule has 0 saturated heterocycles. The van der Waals surface area contributed by atoms with Crippen LogP contribution in [0.4, 0.5) is 0 Å². The smallest absolute Gasteiger partial charge is 0.00460 e. The minimum atomic E-state index is 0.419. The second-order valence-electron chi connectivity index (χ2n) is 14.1. The molecule has 0 heterocycles. The molecule has 3 fully saturated rings. The van der Waals surface area contributed by atoms with Crippen molar-refractivity contribution in [3.05, 3.63) is 33.4 Å². The van der Waals surface area contributed by atoms with Crippen LogP contribution >= 0.6 is 0 Å². The fourth-order valence-electron chi connectivity index (χ4n) is 10.1. The predicted molar refractivity (Wildman–Crippen MR) is 127 cm³/mol. The van der Waals surface area contributed by atoms with Crippen molar-refractivity contribution in [1.82, 2.24) is 0 Å². The first kappa shape index (κ1) is 19.9. The van der Waals surface area contributed by atoms with Gasteiger partial charge in [0.1, 0.15) is 0 Å². The van der Waals surface area contributed by atoms with E-state index in [0.717, 1.165) is 29.6 Å². The Morgan fingerprint density at radius 2 is 0.967 bits per heavy atom. The summed E-state index contributed by atoms with van der Waals surface area (Å²) in [6.45, 7) is 22.9. The molecule has 0 heteroatoms. The van der Waals surface area contributed by atoms with Crippen LogP contribution < -0.4 is 0 Å². The lowest BCUT2D eigenvalue weighted by Gasteiger charge is -2.69. The summed E-state index contributed by atoms with van der Waals surface area (Å²) in [5, 5.41) is 0. The molecule has 0 spiro atoms. The van der Waals surface area contributed by atoms with Crippen molar-refractivity contribution in [3.8, 4) is 0 Å². The van der Waals surface area contributed by atoms with Crippen LogP contribution in [0.2, 0.25) is 0 Å². The van der Waals surface area contributed by atoms with Gasteiger partial charge in [0.15, 0.2) is 0 Å². The van der Waals surface area contributed by atoms with Crippen molar-refractivity contribution in [2.45, 2.75) is 101 Å². The van der Waals surface area contributed by atoms with Gasteiger partial charge in [-0.05, 0) is 105 Å². The molecule has 9 rings (SSSR count). The zero-order valence-electron chi connectivity index (χ0n) is 21.1. The van der Waals surface area contributed by atoms with Crippen LogP contribution in [0.3, 0.4) is 0 Å². The fourth-order valence-corrected chi connectivity index (χ4v) is 10.1. The number of hydrogen-bond acceptors (Lipinski definition) is 0. The third kappa shape index (κ3) is 1.94. The molecule has 0 nitrogen and oxygen atoms in total. The van der Waals surface area contributed by atoms with E-state index in [4.69, 9.17) is 0 Å². The maximum atomic E-state index is 2.60. The second kappa shape index (κ2) is 5.40.